The summed E-state index contributed by atoms with van der Waals surface area (Å²) < 4.78 is 37.9. The van der Waals surface area contributed by atoms with Crippen LogP contribution in [0, 0.1) is 11.6 Å². The standard InChI is InChI=1S/C18H23F2NO4/c1-24-12-17(23)6-9-25-18(11-17)4-7-21(8-5-18)16(22)14-3-2-13(19)10-15(14)20/h2-3,10,23H,4-9,11-12H2,1H3. The van der Waals surface area contributed by atoms with Crippen LogP contribution in [0.3, 0.4) is 0 Å². The second kappa shape index (κ2) is 6.97. The van der Waals surface area contributed by atoms with Crippen molar-refractivity contribution in [3.8, 4) is 0 Å². The molecule has 2 heterocycles. The quantitative estimate of drug-likeness (QED) is 0.902. The number of hydrogen-bond acceptors (Lipinski definition) is 4. The Kier molecular flexibility index (Phi) is 5.09. The monoisotopic (exact) mass is 355 g/mol. The lowest BCUT2D eigenvalue weighted by atomic mass is 9.77. The second-order valence-electron chi connectivity index (χ2n) is 7.03. The van der Waals surface area contributed by atoms with Crippen molar-refractivity contribution < 1.29 is 28.2 Å². The van der Waals surface area contributed by atoms with E-state index in [9.17, 15) is 18.7 Å². The van der Waals surface area contributed by atoms with Gasteiger partial charge in [-0.2, -0.15) is 0 Å². The molecule has 0 bridgehead atoms. The maximum absolute atomic E-state index is 13.8. The SMILES string of the molecule is COCC1(O)CCOC2(CCN(C(=O)c3ccc(F)cc3F)CC2)C1. The molecule has 1 atom stereocenters. The minimum atomic E-state index is -0.914. The number of amides is 1. The summed E-state index contributed by atoms with van der Waals surface area (Å²) in [5.41, 5.74) is -1.52. The molecule has 138 valence electrons. The van der Waals surface area contributed by atoms with Crippen molar-refractivity contribution in [3.05, 3.63) is 35.4 Å². The fourth-order valence-corrected chi connectivity index (χ4v) is 3.86. The molecule has 1 aromatic rings. The molecule has 7 heteroatoms. The van der Waals surface area contributed by atoms with Gasteiger partial charge in [0.2, 0.25) is 0 Å². The highest BCUT2D eigenvalue weighted by Gasteiger charge is 2.47. The Bertz CT molecular complexity index is 642. The largest absolute Gasteiger partial charge is 0.387 e. The number of halogens is 2. The van der Waals surface area contributed by atoms with Gasteiger partial charge in [0.1, 0.15) is 11.6 Å². The predicted molar refractivity (Wildman–Crippen MR) is 86.2 cm³/mol. The number of piperidine rings is 1. The van der Waals surface area contributed by atoms with E-state index in [1.165, 1.54) is 6.07 Å². The summed E-state index contributed by atoms with van der Waals surface area (Å²) in [6.45, 7) is 1.50. The lowest BCUT2D eigenvalue weighted by molar-refractivity contribution is -0.189. The van der Waals surface area contributed by atoms with Crippen molar-refractivity contribution >= 4 is 5.91 Å². The molecule has 2 aliphatic rings. The van der Waals surface area contributed by atoms with Crippen LogP contribution in [0.1, 0.15) is 36.0 Å². The number of hydrogen-bond donors (Lipinski definition) is 1. The molecule has 5 nitrogen and oxygen atoms in total. The molecule has 3 rings (SSSR count). The number of methoxy groups -OCH3 is 1. The molecule has 0 radical (unpaired) electrons. The Morgan fingerprint density at radius 3 is 2.68 bits per heavy atom. The van der Waals surface area contributed by atoms with E-state index in [1.54, 1.807) is 12.0 Å². The van der Waals surface area contributed by atoms with Crippen molar-refractivity contribution in [2.75, 3.05) is 33.4 Å². The van der Waals surface area contributed by atoms with Gasteiger partial charge in [-0.1, -0.05) is 0 Å². The molecule has 2 aliphatic heterocycles. The summed E-state index contributed by atoms with van der Waals surface area (Å²) in [5.74, 6) is -2.01. The first kappa shape index (κ1) is 18.2. The zero-order valence-electron chi connectivity index (χ0n) is 14.3. The van der Waals surface area contributed by atoms with Crippen LogP contribution in [0.5, 0.6) is 0 Å². The van der Waals surface area contributed by atoms with Gasteiger partial charge in [0, 0.05) is 39.1 Å². The van der Waals surface area contributed by atoms with Crippen molar-refractivity contribution in [1.29, 1.82) is 0 Å². The third-order valence-corrected chi connectivity index (χ3v) is 5.16. The third kappa shape index (κ3) is 3.83. The molecule has 1 aromatic carbocycles. The minimum Gasteiger partial charge on any atom is -0.387 e. The number of nitrogens with zero attached hydrogens (tertiary/aromatic N) is 1. The van der Waals surface area contributed by atoms with E-state index in [0.29, 0.717) is 51.4 Å². The van der Waals surface area contributed by atoms with E-state index in [1.807, 2.05) is 0 Å². The van der Waals surface area contributed by atoms with E-state index < -0.39 is 28.7 Å². The first-order chi connectivity index (χ1) is 11.9. The van der Waals surface area contributed by atoms with E-state index in [4.69, 9.17) is 9.47 Å². The number of likely N-dealkylation sites (tertiary alicyclic amines) is 1. The summed E-state index contributed by atoms with van der Waals surface area (Å²) in [6.07, 6.45) is 2.11. The molecule has 0 aliphatic carbocycles. The first-order valence-electron chi connectivity index (χ1n) is 8.46. The number of benzene rings is 1. The highest BCUT2D eigenvalue weighted by Crippen LogP contribution is 2.40. The van der Waals surface area contributed by atoms with Gasteiger partial charge in [0.25, 0.3) is 5.91 Å². The normalized spacial score (nSPS) is 26.0. The third-order valence-electron chi connectivity index (χ3n) is 5.16. The molecule has 0 saturated carbocycles. The maximum Gasteiger partial charge on any atom is 0.256 e. The summed E-state index contributed by atoms with van der Waals surface area (Å²) in [5, 5.41) is 10.6. The highest BCUT2D eigenvalue weighted by molar-refractivity contribution is 5.94. The summed E-state index contributed by atoms with van der Waals surface area (Å²) in [6, 6.07) is 2.97. The fraction of sp³-hybridized carbons (Fsp3) is 0.611. The fourth-order valence-electron chi connectivity index (χ4n) is 3.86. The molecular weight excluding hydrogens is 332 g/mol. The molecule has 1 amide bonds. The van der Waals surface area contributed by atoms with Crippen LogP contribution in [-0.2, 0) is 9.47 Å². The van der Waals surface area contributed by atoms with Gasteiger partial charge in [0.05, 0.1) is 30.0 Å². The Balaban J connectivity index is 1.66. The number of carbonyl (C=O) groups is 1. The van der Waals surface area contributed by atoms with E-state index in [-0.39, 0.29) is 12.2 Å². The first-order valence-corrected chi connectivity index (χ1v) is 8.46. The molecule has 1 N–H and O–H groups in total. The van der Waals surface area contributed by atoms with Crippen LogP contribution in [0.2, 0.25) is 0 Å². The van der Waals surface area contributed by atoms with Crippen LogP contribution in [0.4, 0.5) is 8.78 Å². The van der Waals surface area contributed by atoms with Crippen LogP contribution in [0.15, 0.2) is 18.2 Å². The van der Waals surface area contributed by atoms with Crippen molar-refractivity contribution in [2.24, 2.45) is 0 Å². The van der Waals surface area contributed by atoms with E-state index in [0.717, 1.165) is 6.07 Å². The molecule has 0 aromatic heterocycles. The predicted octanol–water partition coefficient (Wildman–Crippen LogP) is 2.13. The topological polar surface area (TPSA) is 59.0 Å². The lowest BCUT2D eigenvalue weighted by Crippen LogP contribution is -2.56. The van der Waals surface area contributed by atoms with Crippen LogP contribution in [-0.4, -0.2) is 60.5 Å². The summed E-state index contributed by atoms with van der Waals surface area (Å²) in [4.78, 5) is 14.0. The molecule has 1 spiro atoms. The molecule has 2 saturated heterocycles. The van der Waals surface area contributed by atoms with Gasteiger partial charge in [-0.25, -0.2) is 8.78 Å². The Hall–Kier alpha value is -1.57. The van der Waals surface area contributed by atoms with E-state index >= 15 is 0 Å². The van der Waals surface area contributed by atoms with Gasteiger partial charge in [-0.3, -0.25) is 4.79 Å². The van der Waals surface area contributed by atoms with Gasteiger partial charge in [0.15, 0.2) is 0 Å². The van der Waals surface area contributed by atoms with Crippen LogP contribution >= 0.6 is 0 Å². The Morgan fingerprint density at radius 1 is 1.32 bits per heavy atom. The molecule has 2 fully saturated rings. The van der Waals surface area contributed by atoms with Gasteiger partial charge < -0.3 is 19.5 Å². The lowest BCUT2D eigenvalue weighted by Gasteiger charge is -2.49. The highest BCUT2D eigenvalue weighted by atomic mass is 19.1. The van der Waals surface area contributed by atoms with Crippen molar-refractivity contribution in [3.63, 3.8) is 0 Å². The van der Waals surface area contributed by atoms with Gasteiger partial charge >= 0.3 is 0 Å². The summed E-state index contributed by atoms with van der Waals surface area (Å²) in [7, 11) is 1.55. The Morgan fingerprint density at radius 2 is 2.04 bits per heavy atom. The molecular formula is C18H23F2NO4. The van der Waals surface area contributed by atoms with Gasteiger partial charge in [-0.05, 0) is 25.0 Å². The summed E-state index contributed by atoms with van der Waals surface area (Å²) >= 11 is 0. The number of rotatable bonds is 3. The van der Waals surface area contributed by atoms with E-state index in [2.05, 4.69) is 0 Å². The number of ether oxygens (including phenoxy) is 2. The van der Waals surface area contributed by atoms with Crippen LogP contribution < -0.4 is 0 Å². The zero-order chi connectivity index (χ0) is 18.1. The molecule has 1 unspecified atom stereocenters. The van der Waals surface area contributed by atoms with Crippen LogP contribution in [0.25, 0.3) is 0 Å². The van der Waals surface area contributed by atoms with Gasteiger partial charge in [-0.15, -0.1) is 0 Å². The smallest absolute Gasteiger partial charge is 0.256 e. The van der Waals surface area contributed by atoms with Crippen molar-refractivity contribution in [1.82, 2.24) is 4.90 Å². The Labute approximate surface area is 145 Å². The maximum atomic E-state index is 13.8. The second-order valence-corrected chi connectivity index (χ2v) is 7.03. The minimum absolute atomic E-state index is 0.127. The van der Waals surface area contributed by atoms with Crippen molar-refractivity contribution in [2.45, 2.75) is 36.9 Å². The number of aliphatic hydroxyl groups is 1. The number of carbonyl (C=O) groups excluding carboxylic acids is 1. The average molecular weight is 355 g/mol. The molecule has 25 heavy (non-hydrogen) atoms. The zero-order valence-corrected chi connectivity index (χ0v) is 14.3. The average Bonchev–Trinajstić information content (AvgIpc) is 2.55.